The van der Waals surface area contributed by atoms with Crippen LogP contribution in [-0.2, 0) is 4.79 Å². The first kappa shape index (κ1) is 17.1. The molecular weight excluding hydrogens is 340 g/mol. The number of aromatic nitrogens is 3. The van der Waals surface area contributed by atoms with Crippen LogP contribution in [0.15, 0.2) is 18.6 Å². The van der Waals surface area contributed by atoms with E-state index in [0.29, 0.717) is 22.4 Å². The second-order valence-corrected chi connectivity index (χ2v) is 6.49. The van der Waals surface area contributed by atoms with Crippen LogP contribution in [0.1, 0.15) is 4.88 Å². The number of nitrogens with one attached hydrogen (secondary N) is 2. The molecule has 2 N–H and O–H groups in total. The molecule has 0 aromatic carbocycles. The Balaban J connectivity index is 1.60. The molecule has 0 atom stereocenters. The number of rotatable bonds is 5. The van der Waals surface area contributed by atoms with Gasteiger partial charge in [0.2, 0.25) is 5.91 Å². The smallest absolute Gasteiger partial charge is 0.233 e. The number of amides is 1. The van der Waals surface area contributed by atoms with Crippen LogP contribution in [0.5, 0.6) is 0 Å². The van der Waals surface area contributed by atoms with E-state index in [2.05, 4.69) is 41.5 Å². The van der Waals surface area contributed by atoms with Crippen LogP contribution in [0.25, 0.3) is 0 Å². The summed E-state index contributed by atoms with van der Waals surface area (Å²) in [5, 5.41) is 15.2. The van der Waals surface area contributed by atoms with Crippen molar-refractivity contribution in [2.45, 2.75) is 0 Å². The Kier molecular flexibility index (Phi) is 5.37. The van der Waals surface area contributed by atoms with E-state index >= 15 is 0 Å². The van der Waals surface area contributed by atoms with Gasteiger partial charge in [-0.05, 0) is 0 Å². The highest BCUT2D eigenvalue weighted by Gasteiger charge is 2.20. The highest BCUT2D eigenvalue weighted by Crippen LogP contribution is 2.23. The molecule has 0 bridgehead atoms. The first-order valence-corrected chi connectivity index (χ1v) is 8.62. The lowest BCUT2D eigenvalue weighted by molar-refractivity contribution is -0.121. The van der Waals surface area contributed by atoms with Crippen molar-refractivity contribution in [2.24, 2.45) is 0 Å². The van der Waals surface area contributed by atoms with E-state index in [-0.39, 0.29) is 5.91 Å². The lowest BCUT2D eigenvalue weighted by Gasteiger charge is -2.34. The average molecular weight is 358 g/mol. The van der Waals surface area contributed by atoms with E-state index in [9.17, 15) is 4.79 Å². The Bertz CT molecular complexity index is 778. The first-order valence-electron chi connectivity index (χ1n) is 7.81. The van der Waals surface area contributed by atoms with Crippen LogP contribution in [0, 0.1) is 11.3 Å². The summed E-state index contributed by atoms with van der Waals surface area (Å²) in [5.41, 5.74) is 0. The minimum Gasteiger partial charge on any atom is -0.358 e. The number of nitriles is 1. The highest BCUT2D eigenvalue weighted by atomic mass is 32.1. The maximum Gasteiger partial charge on any atom is 0.233 e. The maximum absolute atomic E-state index is 11.5. The summed E-state index contributed by atoms with van der Waals surface area (Å²) >= 11 is 1.28. The molecule has 10 heteroatoms. The number of nitrogens with zero attached hydrogens (tertiary/aromatic N) is 6. The summed E-state index contributed by atoms with van der Waals surface area (Å²) in [6.45, 7) is 3.62. The molecule has 1 amide bonds. The van der Waals surface area contributed by atoms with Gasteiger partial charge in [0.05, 0.1) is 12.7 Å². The van der Waals surface area contributed by atoms with Crippen LogP contribution < -0.4 is 15.5 Å². The fourth-order valence-corrected chi connectivity index (χ4v) is 3.12. The van der Waals surface area contributed by atoms with Crippen molar-refractivity contribution >= 4 is 34.0 Å². The maximum atomic E-state index is 11.5. The zero-order valence-electron chi connectivity index (χ0n) is 13.8. The fraction of sp³-hybridized carbons (Fsp3) is 0.400. The van der Waals surface area contributed by atoms with Gasteiger partial charge in [0.25, 0.3) is 0 Å². The number of thiazole rings is 1. The number of piperazine rings is 1. The molecule has 130 valence electrons. The third-order valence-electron chi connectivity index (χ3n) is 3.85. The van der Waals surface area contributed by atoms with Crippen molar-refractivity contribution in [3.63, 3.8) is 0 Å². The Morgan fingerprint density at radius 2 is 2.12 bits per heavy atom. The van der Waals surface area contributed by atoms with Crippen LogP contribution in [0.2, 0.25) is 0 Å². The quantitative estimate of drug-likeness (QED) is 0.791. The zero-order valence-corrected chi connectivity index (χ0v) is 14.6. The average Bonchev–Trinajstić information content (AvgIpc) is 3.10. The van der Waals surface area contributed by atoms with E-state index in [1.165, 1.54) is 23.9 Å². The summed E-state index contributed by atoms with van der Waals surface area (Å²) < 4.78 is 0. The minimum atomic E-state index is 0.0298. The van der Waals surface area contributed by atoms with Gasteiger partial charge in [-0.15, -0.1) is 0 Å². The number of hydrogen-bond acceptors (Lipinski definition) is 9. The van der Waals surface area contributed by atoms with Gasteiger partial charge in [0.15, 0.2) is 5.13 Å². The van der Waals surface area contributed by atoms with Gasteiger partial charge in [-0.1, -0.05) is 11.3 Å². The van der Waals surface area contributed by atoms with Crippen molar-refractivity contribution in [1.29, 1.82) is 5.26 Å². The first-order chi connectivity index (χ1) is 12.2. The topological polar surface area (TPSA) is 110 Å². The minimum absolute atomic E-state index is 0.0298. The van der Waals surface area contributed by atoms with Gasteiger partial charge in [-0.25, -0.2) is 15.0 Å². The lowest BCUT2D eigenvalue weighted by Crippen LogP contribution is -2.49. The van der Waals surface area contributed by atoms with Gasteiger partial charge in [-0.2, -0.15) is 5.26 Å². The molecule has 9 nitrogen and oxygen atoms in total. The molecule has 1 fully saturated rings. The van der Waals surface area contributed by atoms with Gasteiger partial charge in [-0.3, -0.25) is 9.69 Å². The van der Waals surface area contributed by atoms with E-state index in [0.717, 1.165) is 32.0 Å². The molecule has 1 aliphatic rings. The van der Waals surface area contributed by atoms with Gasteiger partial charge in [0.1, 0.15) is 28.9 Å². The standard InChI is InChI=1S/C15H18N8OS/c1-17-14(24)9-22-2-4-23(5-3-22)13-6-12(19-10-20-13)21-15-18-8-11(7-16)25-15/h6,8,10H,2-5,9H2,1H3,(H,17,24)(H,18,19,20,21). The molecule has 25 heavy (non-hydrogen) atoms. The largest absolute Gasteiger partial charge is 0.358 e. The van der Waals surface area contributed by atoms with E-state index in [1.807, 2.05) is 6.07 Å². The number of carbonyl (C=O) groups excluding carboxylic acids is 1. The zero-order chi connectivity index (χ0) is 17.6. The Morgan fingerprint density at radius 1 is 1.32 bits per heavy atom. The van der Waals surface area contributed by atoms with E-state index in [4.69, 9.17) is 5.26 Å². The predicted molar refractivity (Wildman–Crippen MR) is 94.9 cm³/mol. The second-order valence-electron chi connectivity index (χ2n) is 5.46. The van der Waals surface area contributed by atoms with Crippen LogP contribution in [-0.4, -0.2) is 65.5 Å². The van der Waals surface area contributed by atoms with Crippen molar-refractivity contribution in [3.05, 3.63) is 23.5 Å². The number of hydrogen-bond donors (Lipinski definition) is 2. The van der Waals surface area contributed by atoms with Gasteiger partial charge >= 0.3 is 0 Å². The van der Waals surface area contributed by atoms with Crippen LogP contribution in [0.4, 0.5) is 16.8 Å². The number of carbonyl (C=O) groups is 1. The van der Waals surface area contributed by atoms with Crippen molar-refractivity contribution in [1.82, 2.24) is 25.2 Å². The molecule has 0 radical (unpaired) electrons. The fourth-order valence-electron chi connectivity index (χ4n) is 2.50. The normalized spacial score (nSPS) is 14.8. The van der Waals surface area contributed by atoms with E-state index in [1.54, 1.807) is 7.05 Å². The van der Waals surface area contributed by atoms with Gasteiger partial charge in [0, 0.05) is 39.3 Å². The molecule has 0 spiro atoms. The van der Waals surface area contributed by atoms with Crippen molar-refractivity contribution < 1.29 is 4.79 Å². The second kappa shape index (κ2) is 7.87. The highest BCUT2D eigenvalue weighted by molar-refractivity contribution is 7.16. The summed E-state index contributed by atoms with van der Waals surface area (Å²) in [4.78, 5) is 29.0. The third-order valence-corrected chi connectivity index (χ3v) is 4.66. The van der Waals surface area contributed by atoms with Crippen LogP contribution >= 0.6 is 11.3 Å². The molecule has 2 aromatic heterocycles. The number of likely N-dealkylation sites (N-methyl/N-ethyl adjacent to an activating group) is 1. The Hall–Kier alpha value is -2.77. The molecule has 3 heterocycles. The summed E-state index contributed by atoms with van der Waals surface area (Å²) in [6, 6.07) is 3.92. The molecule has 2 aromatic rings. The molecule has 3 rings (SSSR count). The molecule has 1 aliphatic heterocycles. The van der Waals surface area contributed by atoms with Crippen molar-refractivity contribution in [2.75, 3.05) is 50.0 Å². The molecular formula is C15H18N8OS. The van der Waals surface area contributed by atoms with Crippen LogP contribution in [0.3, 0.4) is 0 Å². The van der Waals surface area contributed by atoms with Crippen molar-refractivity contribution in [3.8, 4) is 6.07 Å². The van der Waals surface area contributed by atoms with Gasteiger partial charge < -0.3 is 15.5 Å². The molecule has 1 saturated heterocycles. The molecule has 0 saturated carbocycles. The SMILES string of the molecule is CNC(=O)CN1CCN(c2cc(Nc3ncc(C#N)s3)ncn2)CC1. The summed E-state index contributed by atoms with van der Waals surface area (Å²) in [7, 11) is 1.65. The predicted octanol–water partition coefficient (Wildman–Crippen LogP) is 0.416. The monoisotopic (exact) mass is 358 g/mol. The Morgan fingerprint density at radius 3 is 2.80 bits per heavy atom. The Labute approximate surface area is 149 Å². The summed E-state index contributed by atoms with van der Waals surface area (Å²) in [6.07, 6.45) is 3.04. The third kappa shape index (κ3) is 4.40. The summed E-state index contributed by atoms with van der Waals surface area (Å²) in [5.74, 6) is 1.49. The lowest BCUT2D eigenvalue weighted by atomic mass is 10.3. The van der Waals surface area contributed by atoms with E-state index < -0.39 is 0 Å². The molecule has 0 aliphatic carbocycles. The number of anilines is 3. The molecule has 0 unspecified atom stereocenters.